The van der Waals surface area contributed by atoms with Gasteiger partial charge < -0.3 is 0 Å². The normalized spacial score (nSPS) is 22.2. The van der Waals surface area contributed by atoms with Crippen molar-refractivity contribution in [3.05, 3.63) is 40.9 Å². The van der Waals surface area contributed by atoms with Crippen molar-refractivity contribution in [2.45, 2.75) is 32.1 Å². The summed E-state index contributed by atoms with van der Waals surface area (Å²) < 4.78 is 0. The van der Waals surface area contributed by atoms with E-state index < -0.39 is 0 Å². The number of fused-ring (bicyclic) bond motifs is 3. The highest BCUT2D eigenvalue weighted by Crippen LogP contribution is 2.33. The van der Waals surface area contributed by atoms with Crippen molar-refractivity contribution in [3.8, 4) is 0 Å². The Hall–Kier alpha value is -1.63. The topological polar surface area (TPSA) is 12.9 Å². The van der Waals surface area contributed by atoms with Gasteiger partial charge in [0.05, 0.1) is 10.9 Å². The van der Waals surface area contributed by atoms with Gasteiger partial charge in [0.25, 0.3) is 0 Å². The molecule has 18 heavy (non-hydrogen) atoms. The van der Waals surface area contributed by atoms with Crippen LogP contribution in [0.25, 0.3) is 22.6 Å². The monoisotopic (exact) mass is 235 g/mol. The fourth-order valence-corrected chi connectivity index (χ4v) is 3.50. The molecule has 2 aliphatic rings. The van der Waals surface area contributed by atoms with Gasteiger partial charge in [0.15, 0.2) is 0 Å². The lowest BCUT2D eigenvalue weighted by Gasteiger charge is -2.26. The van der Waals surface area contributed by atoms with Crippen LogP contribution in [-0.4, -0.2) is 4.98 Å². The standard InChI is InChI=1S/C17H17N/c1-3-7-14-12(5-1)9-10-17-15(14)11-13-6-2-4-8-16(13)18-17/h2,4,6,8,10-12H,1,3,5,7,9H2. The third kappa shape index (κ3) is 1.50. The number of para-hydroxylation sites is 1. The van der Waals surface area contributed by atoms with Gasteiger partial charge in [0.2, 0.25) is 0 Å². The fourth-order valence-electron chi connectivity index (χ4n) is 3.50. The minimum Gasteiger partial charge on any atom is -0.248 e. The predicted molar refractivity (Wildman–Crippen MR) is 75.4 cm³/mol. The van der Waals surface area contributed by atoms with Gasteiger partial charge in [-0.15, -0.1) is 0 Å². The summed E-state index contributed by atoms with van der Waals surface area (Å²) in [6.07, 6.45) is 8.97. The van der Waals surface area contributed by atoms with E-state index in [1.807, 2.05) is 0 Å². The van der Waals surface area contributed by atoms with Gasteiger partial charge >= 0.3 is 0 Å². The first-order valence-corrected chi connectivity index (χ1v) is 7.01. The van der Waals surface area contributed by atoms with E-state index in [9.17, 15) is 0 Å². The Labute approximate surface area is 107 Å². The molecule has 4 rings (SSSR count). The molecular weight excluding hydrogens is 218 g/mol. The van der Waals surface area contributed by atoms with Gasteiger partial charge in [0, 0.05) is 5.39 Å². The van der Waals surface area contributed by atoms with Gasteiger partial charge in [-0.25, -0.2) is 4.98 Å². The van der Waals surface area contributed by atoms with E-state index in [-0.39, 0.29) is 0 Å². The van der Waals surface area contributed by atoms with Crippen LogP contribution in [-0.2, 0) is 0 Å². The van der Waals surface area contributed by atoms with Crippen LogP contribution in [0.1, 0.15) is 32.1 Å². The van der Waals surface area contributed by atoms with Crippen LogP contribution >= 0.6 is 0 Å². The Balaban J connectivity index is 2.09. The van der Waals surface area contributed by atoms with Crippen molar-refractivity contribution in [1.29, 1.82) is 0 Å². The number of aromatic nitrogens is 1. The van der Waals surface area contributed by atoms with E-state index in [4.69, 9.17) is 4.98 Å². The average Bonchev–Trinajstić information content (AvgIpc) is 2.45. The Morgan fingerprint density at radius 3 is 3.06 bits per heavy atom. The molecule has 90 valence electrons. The summed E-state index contributed by atoms with van der Waals surface area (Å²) >= 11 is 0. The molecule has 1 aromatic carbocycles. The van der Waals surface area contributed by atoms with Crippen LogP contribution in [0.3, 0.4) is 0 Å². The zero-order valence-electron chi connectivity index (χ0n) is 10.5. The first kappa shape index (κ1) is 10.3. The average molecular weight is 235 g/mol. The van der Waals surface area contributed by atoms with E-state index in [1.54, 1.807) is 5.57 Å². The van der Waals surface area contributed by atoms with Crippen LogP contribution in [0.2, 0.25) is 0 Å². The van der Waals surface area contributed by atoms with E-state index in [0.29, 0.717) is 0 Å². The minimum absolute atomic E-state index is 0.800. The maximum atomic E-state index is 4.83. The molecule has 2 aliphatic carbocycles. The van der Waals surface area contributed by atoms with Gasteiger partial charge in [-0.2, -0.15) is 0 Å². The van der Waals surface area contributed by atoms with Crippen LogP contribution in [0.15, 0.2) is 30.3 Å². The van der Waals surface area contributed by atoms with Crippen molar-refractivity contribution >= 4 is 22.6 Å². The predicted octanol–water partition coefficient (Wildman–Crippen LogP) is 2.76. The number of hydrogen-bond acceptors (Lipinski definition) is 1. The second-order valence-electron chi connectivity index (χ2n) is 5.52. The molecule has 0 N–H and O–H groups in total. The largest absolute Gasteiger partial charge is 0.248 e. The molecule has 1 saturated carbocycles. The lowest BCUT2D eigenvalue weighted by molar-refractivity contribution is 0.507. The summed E-state index contributed by atoms with van der Waals surface area (Å²) in [5, 5.41) is 3.94. The smallest absolute Gasteiger partial charge is 0.0709 e. The molecule has 0 spiro atoms. The SMILES string of the molecule is C1=c2nc3ccccc3cc2=C2CCCCC2C1. The van der Waals surface area contributed by atoms with Crippen molar-refractivity contribution in [2.24, 2.45) is 5.92 Å². The molecule has 1 heteroatoms. The fraction of sp³-hybridized carbons (Fsp3) is 0.353. The highest BCUT2D eigenvalue weighted by molar-refractivity contribution is 5.79. The van der Waals surface area contributed by atoms with Crippen molar-refractivity contribution in [1.82, 2.24) is 4.98 Å². The van der Waals surface area contributed by atoms with Crippen molar-refractivity contribution < 1.29 is 0 Å². The van der Waals surface area contributed by atoms with Gasteiger partial charge in [0.1, 0.15) is 0 Å². The number of pyridine rings is 1. The molecule has 0 saturated heterocycles. The molecule has 0 amide bonds. The summed E-state index contributed by atoms with van der Waals surface area (Å²) in [5.74, 6) is 0.800. The molecule has 2 aromatic rings. The van der Waals surface area contributed by atoms with Crippen LogP contribution < -0.4 is 10.6 Å². The number of benzene rings is 1. The lowest BCUT2D eigenvalue weighted by Crippen LogP contribution is -2.36. The highest BCUT2D eigenvalue weighted by atomic mass is 14.7. The molecule has 1 aromatic heterocycles. The number of hydrogen-bond donors (Lipinski definition) is 0. The Kier molecular flexibility index (Phi) is 2.26. The second kappa shape index (κ2) is 3.94. The van der Waals surface area contributed by atoms with Gasteiger partial charge in [-0.05, 0) is 49.0 Å². The zero-order chi connectivity index (χ0) is 11.9. The Morgan fingerprint density at radius 2 is 2.06 bits per heavy atom. The van der Waals surface area contributed by atoms with Crippen molar-refractivity contribution in [2.75, 3.05) is 0 Å². The molecule has 1 nitrogen and oxygen atoms in total. The number of rotatable bonds is 0. The van der Waals surface area contributed by atoms with E-state index in [1.165, 1.54) is 48.1 Å². The molecule has 0 aliphatic heterocycles. The van der Waals surface area contributed by atoms with Crippen LogP contribution in [0.5, 0.6) is 0 Å². The first-order valence-electron chi connectivity index (χ1n) is 7.01. The summed E-state index contributed by atoms with van der Waals surface area (Å²) in [4.78, 5) is 4.83. The molecule has 1 heterocycles. The summed E-state index contributed by atoms with van der Waals surface area (Å²) in [5.41, 5.74) is 2.80. The molecular formula is C17H17N. The molecule has 0 bridgehead atoms. The summed E-state index contributed by atoms with van der Waals surface area (Å²) in [6, 6.07) is 10.8. The Bertz CT molecular complexity index is 727. The molecule has 1 atom stereocenters. The van der Waals surface area contributed by atoms with Crippen molar-refractivity contribution in [3.63, 3.8) is 0 Å². The summed E-state index contributed by atoms with van der Waals surface area (Å²) in [6.45, 7) is 0. The summed E-state index contributed by atoms with van der Waals surface area (Å²) in [7, 11) is 0. The molecule has 1 fully saturated rings. The highest BCUT2D eigenvalue weighted by Gasteiger charge is 2.21. The minimum atomic E-state index is 0.800. The third-order valence-corrected chi connectivity index (χ3v) is 4.44. The second-order valence-corrected chi connectivity index (χ2v) is 5.52. The third-order valence-electron chi connectivity index (χ3n) is 4.44. The van der Waals surface area contributed by atoms with E-state index in [2.05, 4.69) is 36.4 Å². The Morgan fingerprint density at radius 1 is 1.11 bits per heavy atom. The van der Waals surface area contributed by atoms with Crippen LogP contribution in [0.4, 0.5) is 0 Å². The lowest BCUT2D eigenvalue weighted by atomic mass is 9.79. The molecule has 1 unspecified atom stereocenters. The van der Waals surface area contributed by atoms with Gasteiger partial charge in [-0.1, -0.05) is 36.3 Å². The maximum Gasteiger partial charge on any atom is 0.0709 e. The zero-order valence-corrected chi connectivity index (χ0v) is 10.5. The quantitative estimate of drug-likeness (QED) is 0.684. The molecule has 0 radical (unpaired) electrons. The first-order chi connectivity index (χ1) is 8.92. The van der Waals surface area contributed by atoms with E-state index >= 15 is 0 Å². The number of nitrogens with zero attached hydrogens (tertiary/aromatic N) is 1. The van der Waals surface area contributed by atoms with Gasteiger partial charge in [-0.3, -0.25) is 0 Å². The van der Waals surface area contributed by atoms with Crippen LogP contribution in [0, 0.1) is 5.92 Å². The maximum absolute atomic E-state index is 4.83. The van der Waals surface area contributed by atoms with E-state index in [0.717, 1.165) is 11.4 Å².